The summed E-state index contributed by atoms with van der Waals surface area (Å²) in [6.45, 7) is 12.0. The Hall–Kier alpha value is -0.0400. The summed E-state index contributed by atoms with van der Waals surface area (Å²) < 4.78 is 0. The van der Waals surface area contributed by atoms with Gasteiger partial charge in [0.25, 0.3) is 0 Å². The van der Waals surface area contributed by atoms with Crippen LogP contribution in [0.1, 0.15) is 59.8 Å². The molecule has 0 radical (unpaired) electrons. The van der Waals surface area contributed by atoms with E-state index in [-0.39, 0.29) is 0 Å². The second-order valence-electron chi connectivity index (χ2n) is 4.96. The van der Waals surface area contributed by atoms with Crippen molar-refractivity contribution in [3.63, 3.8) is 0 Å². The Morgan fingerprint density at radius 3 is 2.00 bits per heavy atom. The molecule has 1 aliphatic heterocycles. The van der Waals surface area contributed by atoms with Crippen LogP contribution in [0, 0.1) is 5.41 Å². The van der Waals surface area contributed by atoms with Gasteiger partial charge < -0.3 is 0 Å². The van der Waals surface area contributed by atoms with Crippen LogP contribution in [-0.2, 0) is 0 Å². The summed E-state index contributed by atoms with van der Waals surface area (Å²) in [4.78, 5) is 2.70. The number of hydrogen-bond acceptors (Lipinski definition) is 1. The van der Waals surface area contributed by atoms with E-state index in [2.05, 4.69) is 32.6 Å². The standard InChI is InChI=1S/C13H27N/c1-5-9-12(6-2)14-10-13(7-3,8-4)11-14/h12H,5-11H2,1-4H3. The van der Waals surface area contributed by atoms with E-state index >= 15 is 0 Å². The van der Waals surface area contributed by atoms with E-state index < -0.39 is 0 Å². The highest BCUT2D eigenvalue weighted by atomic mass is 15.2. The first-order valence-corrected chi connectivity index (χ1v) is 6.45. The van der Waals surface area contributed by atoms with Gasteiger partial charge in [-0.15, -0.1) is 0 Å². The summed E-state index contributed by atoms with van der Waals surface area (Å²) in [6.07, 6.45) is 6.78. The molecular formula is C13H27N. The first-order chi connectivity index (χ1) is 6.71. The van der Waals surface area contributed by atoms with Gasteiger partial charge in [0.1, 0.15) is 0 Å². The summed E-state index contributed by atoms with van der Waals surface area (Å²) in [5, 5.41) is 0. The van der Waals surface area contributed by atoms with E-state index in [0.29, 0.717) is 5.41 Å². The van der Waals surface area contributed by atoms with Gasteiger partial charge in [0.15, 0.2) is 0 Å². The zero-order chi connectivity index (χ0) is 10.6. The van der Waals surface area contributed by atoms with E-state index in [4.69, 9.17) is 0 Å². The number of nitrogens with zero attached hydrogens (tertiary/aromatic N) is 1. The zero-order valence-corrected chi connectivity index (χ0v) is 10.5. The molecule has 1 fully saturated rings. The Bertz CT molecular complexity index is 153. The zero-order valence-electron chi connectivity index (χ0n) is 10.5. The second-order valence-corrected chi connectivity index (χ2v) is 4.96. The molecule has 0 spiro atoms. The van der Waals surface area contributed by atoms with Crippen LogP contribution in [0.3, 0.4) is 0 Å². The van der Waals surface area contributed by atoms with Gasteiger partial charge in [0, 0.05) is 19.1 Å². The quantitative estimate of drug-likeness (QED) is 0.628. The predicted octanol–water partition coefficient (Wildman–Crippen LogP) is 3.69. The molecule has 1 heterocycles. The summed E-state index contributed by atoms with van der Waals surface area (Å²) in [6, 6.07) is 0.867. The molecule has 1 saturated heterocycles. The first-order valence-electron chi connectivity index (χ1n) is 6.45. The van der Waals surface area contributed by atoms with Crippen LogP contribution in [-0.4, -0.2) is 24.0 Å². The molecule has 1 unspecified atom stereocenters. The van der Waals surface area contributed by atoms with E-state index in [1.807, 2.05) is 0 Å². The molecule has 84 valence electrons. The van der Waals surface area contributed by atoms with Crippen molar-refractivity contribution in [1.82, 2.24) is 4.90 Å². The molecule has 0 aromatic carbocycles. The molecule has 0 aromatic rings. The third-order valence-electron chi connectivity index (χ3n) is 4.19. The third kappa shape index (κ3) is 2.31. The van der Waals surface area contributed by atoms with E-state index in [0.717, 1.165) is 6.04 Å². The monoisotopic (exact) mass is 197 g/mol. The molecule has 1 rings (SSSR count). The summed E-state index contributed by atoms with van der Waals surface area (Å²) in [5.74, 6) is 0. The largest absolute Gasteiger partial charge is 0.299 e. The van der Waals surface area contributed by atoms with Crippen molar-refractivity contribution < 1.29 is 0 Å². The van der Waals surface area contributed by atoms with Crippen molar-refractivity contribution in [2.24, 2.45) is 5.41 Å². The lowest BCUT2D eigenvalue weighted by Gasteiger charge is -2.53. The summed E-state index contributed by atoms with van der Waals surface area (Å²) in [7, 11) is 0. The highest BCUT2D eigenvalue weighted by Crippen LogP contribution is 2.39. The average Bonchev–Trinajstić information content (AvgIpc) is 2.16. The summed E-state index contributed by atoms with van der Waals surface area (Å²) >= 11 is 0. The van der Waals surface area contributed by atoms with Gasteiger partial charge in [0.2, 0.25) is 0 Å². The number of hydrogen-bond donors (Lipinski definition) is 0. The normalized spacial score (nSPS) is 23.1. The first kappa shape index (κ1) is 12.0. The SMILES string of the molecule is CCCC(CC)N1CC(CC)(CC)C1. The molecule has 0 aromatic heterocycles. The summed E-state index contributed by atoms with van der Waals surface area (Å²) in [5.41, 5.74) is 0.682. The Morgan fingerprint density at radius 1 is 1.07 bits per heavy atom. The third-order valence-corrected chi connectivity index (χ3v) is 4.19. The molecule has 1 aliphatic rings. The van der Waals surface area contributed by atoms with Crippen molar-refractivity contribution in [1.29, 1.82) is 0 Å². The van der Waals surface area contributed by atoms with Crippen molar-refractivity contribution >= 4 is 0 Å². The van der Waals surface area contributed by atoms with Crippen molar-refractivity contribution in [2.75, 3.05) is 13.1 Å². The highest BCUT2D eigenvalue weighted by Gasteiger charge is 2.41. The molecule has 0 saturated carbocycles. The van der Waals surface area contributed by atoms with E-state index in [1.54, 1.807) is 0 Å². The van der Waals surface area contributed by atoms with Crippen molar-refractivity contribution in [3.8, 4) is 0 Å². The Morgan fingerprint density at radius 2 is 1.64 bits per heavy atom. The molecule has 1 atom stereocenters. The van der Waals surface area contributed by atoms with Gasteiger partial charge >= 0.3 is 0 Å². The van der Waals surface area contributed by atoms with Crippen LogP contribution < -0.4 is 0 Å². The van der Waals surface area contributed by atoms with Gasteiger partial charge in [-0.2, -0.15) is 0 Å². The number of rotatable bonds is 6. The highest BCUT2D eigenvalue weighted by molar-refractivity contribution is 4.95. The lowest BCUT2D eigenvalue weighted by Crippen LogP contribution is -2.59. The van der Waals surface area contributed by atoms with Gasteiger partial charge in [-0.05, 0) is 31.1 Å². The van der Waals surface area contributed by atoms with Gasteiger partial charge in [-0.1, -0.05) is 34.1 Å². The minimum absolute atomic E-state index is 0.682. The maximum absolute atomic E-state index is 2.70. The van der Waals surface area contributed by atoms with Crippen LogP contribution in [0.5, 0.6) is 0 Å². The van der Waals surface area contributed by atoms with E-state index in [1.165, 1.54) is 45.2 Å². The lowest BCUT2D eigenvalue weighted by atomic mass is 9.74. The van der Waals surface area contributed by atoms with Crippen molar-refractivity contribution in [3.05, 3.63) is 0 Å². The molecule has 0 bridgehead atoms. The number of likely N-dealkylation sites (tertiary alicyclic amines) is 1. The van der Waals surface area contributed by atoms with Crippen LogP contribution in [0.25, 0.3) is 0 Å². The molecule has 1 nitrogen and oxygen atoms in total. The van der Waals surface area contributed by atoms with E-state index in [9.17, 15) is 0 Å². The fraction of sp³-hybridized carbons (Fsp3) is 1.00. The Labute approximate surface area is 89.9 Å². The molecule has 1 heteroatoms. The Kier molecular flexibility index (Phi) is 4.43. The fourth-order valence-corrected chi connectivity index (χ4v) is 2.75. The van der Waals surface area contributed by atoms with Gasteiger partial charge in [-0.25, -0.2) is 0 Å². The maximum atomic E-state index is 2.70. The Balaban J connectivity index is 2.37. The lowest BCUT2D eigenvalue weighted by molar-refractivity contribution is -0.0402. The van der Waals surface area contributed by atoms with Crippen LogP contribution in [0.2, 0.25) is 0 Å². The van der Waals surface area contributed by atoms with Gasteiger partial charge in [0.05, 0.1) is 0 Å². The minimum Gasteiger partial charge on any atom is -0.299 e. The molecule has 0 amide bonds. The average molecular weight is 197 g/mol. The van der Waals surface area contributed by atoms with Gasteiger partial charge in [-0.3, -0.25) is 4.90 Å². The molecular weight excluding hydrogens is 170 g/mol. The topological polar surface area (TPSA) is 3.24 Å². The van der Waals surface area contributed by atoms with Crippen LogP contribution >= 0.6 is 0 Å². The fourth-order valence-electron chi connectivity index (χ4n) is 2.75. The molecule has 0 aliphatic carbocycles. The predicted molar refractivity (Wildman–Crippen MR) is 63.6 cm³/mol. The smallest absolute Gasteiger partial charge is 0.00930 e. The van der Waals surface area contributed by atoms with Crippen molar-refractivity contribution in [2.45, 2.75) is 65.8 Å². The minimum atomic E-state index is 0.682. The molecule has 14 heavy (non-hydrogen) atoms. The van der Waals surface area contributed by atoms with Crippen LogP contribution in [0.4, 0.5) is 0 Å². The second kappa shape index (κ2) is 5.16. The maximum Gasteiger partial charge on any atom is 0.00930 e. The van der Waals surface area contributed by atoms with Crippen LogP contribution in [0.15, 0.2) is 0 Å². The molecule has 0 N–H and O–H groups in total.